The zero-order valence-electron chi connectivity index (χ0n) is 8.30. The molecule has 0 aliphatic rings. The van der Waals surface area contributed by atoms with Crippen molar-refractivity contribution in [3.05, 3.63) is 57.0 Å². The molecule has 0 aliphatic heterocycles. The largest absolute Gasteiger partial charge is 0.0587 e. The second-order valence-electron chi connectivity index (χ2n) is 3.52. The van der Waals surface area contributed by atoms with Crippen LogP contribution in [0.3, 0.4) is 0 Å². The molecule has 0 bridgehead atoms. The smallest absolute Gasteiger partial charge is 0.0192 e. The van der Waals surface area contributed by atoms with Crippen LogP contribution in [0.15, 0.2) is 51.4 Å². The number of hydrogen-bond donors (Lipinski definition) is 0. The van der Waals surface area contributed by atoms with Gasteiger partial charge in [-0.15, -0.1) is 0 Å². The molecule has 2 heteroatoms. The fraction of sp³-hybridized carbons (Fsp3) is 0.0769. The highest BCUT2D eigenvalue weighted by atomic mass is 79.9. The van der Waals surface area contributed by atoms with E-state index in [2.05, 4.69) is 75.2 Å². The Balaban J connectivity index is 2.49. The second-order valence-corrected chi connectivity index (χ2v) is 5.36. The minimum Gasteiger partial charge on any atom is -0.0587 e. The molecule has 2 aromatic rings. The maximum atomic E-state index is 3.49. The summed E-state index contributed by atoms with van der Waals surface area (Å²) < 4.78 is 2.18. The first-order valence-corrected chi connectivity index (χ1v) is 6.27. The number of benzene rings is 2. The van der Waals surface area contributed by atoms with E-state index >= 15 is 0 Å². The first kappa shape index (κ1) is 10.9. The van der Waals surface area contributed by atoms with Crippen LogP contribution in [0.2, 0.25) is 0 Å². The molecule has 2 rings (SSSR count). The van der Waals surface area contributed by atoms with Gasteiger partial charge in [-0.25, -0.2) is 0 Å². The van der Waals surface area contributed by atoms with E-state index in [-0.39, 0.29) is 0 Å². The summed E-state index contributed by atoms with van der Waals surface area (Å²) >= 11 is 6.99. The van der Waals surface area contributed by atoms with Crippen molar-refractivity contribution in [1.29, 1.82) is 0 Å². The van der Waals surface area contributed by atoms with E-state index < -0.39 is 0 Å². The van der Waals surface area contributed by atoms with Crippen molar-refractivity contribution in [1.82, 2.24) is 0 Å². The van der Waals surface area contributed by atoms with Crippen LogP contribution < -0.4 is 0 Å². The molecule has 0 spiro atoms. The highest BCUT2D eigenvalue weighted by molar-refractivity contribution is 9.11. The first-order valence-electron chi connectivity index (χ1n) is 4.68. The van der Waals surface area contributed by atoms with Gasteiger partial charge in [0.15, 0.2) is 0 Å². The van der Waals surface area contributed by atoms with Gasteiger partial charge in [0.1, 0.15) is 0 Å². The monoisotopic (exact) mass is 324 g/mol. The van der Waals surface area contributed by atoms with Crippen molar-refractivity contribution < 1.29 is 0 Å². The van der Waals surface area contributed by atoms with E-state index in [1.165, 1.54) is 16.7 Å². The van der Waals surface area contributed by atoms with Gasteiger partial charge in [0.05, 0.1) is 0 Å². The van der Waals surface area contributed by atoms with E-state index in [0.717, 1.165) is 8.95 Å². The Morgan fingerprint density at radius 3 is 1.80 bits per heavy atom. The Kier molecular flexibility index (Phi) is 3.27. The van der Waals surface area contributed by atoms with E-state index in [9.17, 15) is 0 Å². The van der Waals surface area contributed by atoms with Crippen LogP contribution in [0.4, 0.5) is 0 Å². The lowest BCUT2D eigenvalue weighted by Gasteiger charge is -2.04. The molecule has 0 nitrogen and oxygen atoms in total. The predicted octanol–water partition coefficient (Wildman–Crippen LogP) is 5.19. The number of aryl methyl sites for hydroxylation is 1. The lowest BCUT2D eigenvalue weighted by Crippen LogP contribution is -1.79. The quantitative estimate of drug-likeness (QED) is 0.677. The molecular weight excluding hydrogens is 316 g/mol. The highest BCUT2D eigenvalue weighted by Gasteiger charge is 2.00. The van der Waals surface area contributed by atoms with Crippen LogP contribution in [0, 0.1) is 6.92 Å². The Hall–Kier alpha value is -0.600. The van der Waals surface area contributed by atoms with Gasteiger partial charge in [0.25, 0.3) is 0 Å². The van der Waals surface area contributed by atoms with Gasteiger partial charge in [0, 0.05) is 8.95 Å². The zero-order valence-corrected chi connectivity index (χ0v) is 11.5. The summed E-state index contributed by atoms with van der Waals surface area (Å²) in [7, 11) is 0. The van der Waals surface area contributed by atoms with Gasteiger partial charge in [-0.05, 0) is 36.2 Å². The molecule has 0 radical (unpaired) electrons. The molecule has 2 aromatic carbocycles. The van der Waals surface area contributed by atoms with E-state index in [4.69, 9.17) is 0 Å². The molecule has 15 heavy (non-hydrogen) atoms. The lowest BCUT2D eigenvalue weighted by atomic mass is 10.0. The number of halogens is 2. The maximum Gasteiger partial charge on any atom is 0.0192 e. The van der Waals surface area contributed by atoms with Crippen molar-refractivity contribution in [2.75, 3.05) is 0 Å². The van der Waals surface area contributed by atoms with Crippen molar-refractivity contribution in [3.63, 3.8) is 0 Å². The van der Waals surface area contributed by atoms with Crippen molar-refractivity contribution in [2.45, 2.75) is 6.92 Å². The first-order chi connectivity index (χ1) is 7.15. The Labute approximate surface area is 107 Å². The third-order valence-corrected chi connectivity index (χ3v) is 3.16. The molecule has 0 aromatic heterocycles. The van der Waals surface area contributed by atoms with Crippen molar-refractivity contribution in [2.24, 2.45) is 0 Å². The summed E-state index contributed by atoms with van der Waals surface area (Å²) in [5.41, 5.74) is 3.74. The average molecular weight is 326 g/mol. The topological polar surface area (TPSA) is 0 Å². The standard InChI is InChI=1S/C13H10Br2/c1-9-2-4-10(5-3-9)11-6-12(14)8-13(15)7-11/h2-8H,1H3. The average Bonchev–Trinajstić information content (AvgIpc) is 2.17. The summed E-state index contributed by atoms with van der Waals surface area (Å²) in [6.45, 7) is 2.10. The molecule has 0 amide bonds. The van der Waals surface area contributed by atoms with Crippen LogP contribution in [0.5, 0.6) is 0 Å². The fourth-order valence-corrected chi connectivity index (χ4v) is 2.76. The molecule has 0 fully saturated rings. The maximum absolute atomic E-state index is 3.49. The van der Waals surface area contributed by atoms with Crippen molar-refractivity contribution >= 4 is 31.9 Å². The molecule has 0 saturated heterocycles. The third-order valence-electron chi connectivity index (χ3n) is 2.25. The minimum absolute atomic E-state index is 1.09. The van der Waals surface area contributed by atoms with Crippen molar-refractivity contribution in [3.8, 4) is 11.1 Å². The molecule has 0 atom stereocenters. The van der Waals surface area contributed by atoms with Crippen LogP contribution in [0.1, 0.15) is 5.56 Å². The number of hydrogen-bond acceptors (Lipinski definition) is 0. The lowest BCUT2D eigenvalue weighted by molar-refractivity contribution is 1.46. The molecule has 0 heterocycles. The predicted molar refractivity (Wildman–Crippen MR) is 72.0 cm³/mol. The fourth-order valence-electron chi connectivity index (χ4n) is 1.47. The minimum atomic E-state index is 1.09. The van der Waals surface area contributed by atoms with Gasteiger partial charge >= 0.3 is 0 Å². The molecule has 0 saturated carbocycles. The van der Waals surface area contributed by atoms with Crippen LogP contribution in [-0.2, 0) is 0 Å². The van der Waals surface area contributed by atoms with Gasteiger partial charge in [-0.1, -0.05) is 61.7 Å². The third kappa shape index (κ3) is 2.70. The summed E-state index contributed by atoms with van der Waals surface area (Å²) in [5, 5.41) is 0. The Bertz CT molecular complexity index is 452. The van der Waals surface area contributed by atoms with Crippen LogP contribution in [0.25, 0.3) is 11.1 Å². The van der Waals surface area contributed by atoms with E-state index in [1.807, 2.05) is 6.07 Å². The SMILES string of the molecule is Cc1ccc(-c2cc(Br)cc(Br)c2)cc1. The van der Waals surface area contributed by atoms with Gasteiger partial charge < -0.3 is 0 Å². The van der Waals surface area contributed by atoms with Gasteiger partial charge in [0.2, 0.25) is 0 Å². The van der Waals surface area contributed by atoms with Crippen LogP contribution in [-0.4, -0.2) is 0 Å². The Morgan fingerprint density at radius 1 is 0.733 bits per heavy atom. The number of rotatable bonds is 1. The molecule has 76 valence electrons. The van der Waals surface area contributed by atoms with Crippen LogP contribution >= 0.6 is 31.9 Å². The molecule has 0 unspecified atom stereocenters. The molecule has 0 N–H and O–H groups in total. The zero-order chi connectivity index (χ0) is 10.8. The Morgan fingerprint density at radius 2 is 1.27 bits per heavy atom. The summed E-state index contributed by atoms with van der Waals surface area (Å²) in [6.07, 6.45) is 0. The highest BCUT2D eigenvalue weighted by Crippen LogP contribution is 2.27. The normalized spacial score (nSPS) is 10.3. The summed E-state index contributed by atoms with van der Waals surface area (Å²) in [6, 6.07) is 14.8. The van der Waals surface area contributed by atoms with Gasteiger partial charge in [-0.3, -0.25) is 0 Å². The molecule has 0 aliphatic carbocycles. The summed E-state index contributed by atoms with van der Waals surface area (Å²) in [4.78, 5) is 0. The van der Waals surface area contributed by atoms with E-state index in [1.54, 1.807) is 0 Å². The van der Waals surface area contributed by atoms with Gasteiger partial charge in [-0.2, -0.15) is 0 Å². The second kappa shape index (κ2) is 4.50. The van der Waals surface area contributed by atoms with E-state index in [0.29, 0.717) is 0 Å². The molecular formula is C13H10Br2. The summed E-state index contributed by atoms with van der Waals surface area (Å²) in [5.74, 6) is 0.